The molecule has 0 saturated heterocycles. The largest absolute Gasteiger partial charge is 0.358 e. The molecule has 0 aliphatic carbocycles. The molecule has 7 nitrogen and oxygen atoms in total. The molecule has 0 spiro atoms. The van der Waals surface area contributed by atoms with Gasteiger partial charge < -0.3 is 10.1 Å². The Morgan fingerprint density at radius 1 is 1.41 bits per heavy atom. The van der Waals surface area contributed by atoms with Crippen LogP contribution in [0, 0.1) is 10.1 Å². The molecule has 0 N–H and O–H groups in total. The Kier molecular flexibility index (Phi) is 2.91. The molecule has 0 unspecified atom stereocenters. The van der Waals surface area contributed by atoms with Gasteiger partial charge in [-0.05, 0) is 17.1 Å². The molecule has 0 bridgehead atoms. The molecule has 86 valence electrons. The Hall–Kier alpha value is -2.57. The Labute approximate surface area is 96.6 Å². The van der Waals surface area contributed by atoms with Crippen molar-refractivity contribution in [3.05, 3.63) is 46.4 Å². The molecule has 0 aliphatic rings. The lowest BCUT2D eigenvalue weighted by molar-refractivity contribution is -0.391. The van der Waals surface area contributed by atoms with Crippen molar-refractivity contribution in [1.82, 2.24) is 19.5 Å². The van der Waals surface area contributed by atoms with E-state index in [4.69, 9.17) is 0 Å². The van der Waals surface area contributed by atoms with Gasteiger partial charge in [0.1, 0.15) is 12.5 Å². The first kappa shape index (κ1) is 10.9. The van der Waals surface area contributed by atoms with Crippen LogP contribution in [0.15, 0.2) is 24.8 Å². The van der Waals surface area contributed by atoms with Crippen LogP contribution in [0.25, 0.3) is 12.2 Å². The smallest absolute Gasteiger partial charge is 0.342 e. The Balaban J connectivity index is 2.25. The van der Waals surface area contributed by atoms with E-state index in [1.54, 1.807) is 31.5 Å². The first-order valence-electron chi connectivity index (χ1n) is 4.78. The van der Waals surface area contributed by atoms with Crippen molar-refractivity contribution in [3.8, 4) is 0 Å². The van der Waals surface area contributed by atoms with Crippen molar-refractivity contribution >= 4 is 18.0 Å². The van der Waals surface area contributed by atoms with E-state index >= 15 is 0 Å². The van der Waals surface area contributed by atoms with E-state index in [9.17, 15) is 10.1 Å². The van der Waals surface area contributed by atoms with Crippen LogP contribution in [0.5, 0.6) is 0 Å². The van der Waals surface area contributed by atoms with Crippen molar-refractivity contribution in [1.29, 1.82) is 0 Å². The van der Waals surface area contributed by atoms with Gasteiger partial charge in [0.05, 0.1) is 12.7 Å². The van der Waals surface area contributed by atoms with Crippen molar-refractivity contribution < 1.29 is 4.92 Å². The van der Waals surface area contributed by atoms with Crippen molar-refractivity contribution in [2.24, 2.45) is 7.05 Å². The molecule has 2 aromatic rings. The molecule has 0 aliphatic heterocycles. The topological polar surface area (TPSA) is 86.7 Å². The Morgan fingerprint density at radius 3 is 2.82 bits per heavy atom. The number of nitro groups is 1. The molecule has 0 atom stereocenters. The average Bonchev–Trinajstić information content (AvgIpc) is 2.69. The summed E-state index contributed by atoms with van der Waals surface area (Å²) in [5.41, 5.74) is 0.714. The van der Waals surface area contributed by atoms with Crippen LogP contribution in [-0.2, 0) is 7.05 Å². The minimum atomic E-state index is -0.477. The van der Waals surface area contributed by atoms with Crippen LogP contribution >= 0.6 is 0 Å². The Bertz CT molecular complexity index is 561. The zero-order chi connectivity index (χ0) is 12.3. The van der Waals surface area contributed by atoms with Crippen LogP contribution in [0.1, 0.15) is 11.5 Å². The zero-order valence-corrected chi connectivity index (χ0v) is 9.02. The van der Waals surface area contributed by atoms with Gasteiger partial charge in [-0.1, -0.05) is 0 Å². The lowest BCUT2D eigenvalue weighted by Crippen LogP contribution is -1.98. The van der Waals surface area contributed by atoms with Crippen LogP contribution in [0.2, 0.25) is 0 Å². The lowest BCUT2D eigenvalue weighted by Gasteiger charge is -1.94. The van der Waals surface area contributed by atoms with E-state index in [1.165, 1.54) is 17.1 Å². The Morgan fingerprint density at radius 2 is 2.24 bits per heavy atom. The third-order valence-corrected chi connectivity index (χ3v) is 2.19. The lowest BCUT2D eigenvalue weighted by atomic mass is 10.3. The van der Waals surface area contributed by atoms with Crippen molar-refractivity contribution in [2.75, 3.05) is 0 Å². The van der Waals surface area contributed by atoms with Gasteiger partial charge in [0.25, 0.3) is 0 Å². The van der Waals surface area contributed by atoms with Gasteiger partial charge in [-0.3, -0.25) is 0 Å². The maximum absolute atomic E-state index is 10.6. The number of hydrogen-bond donors (Lipinski definition) is 0. The highest BCUT2D eigenvalue weighted by atomic mass is 16.6. The van der Waals surface area contributed by atoms with E-state index in [1.807, 2.05) is 0 Å². The van der Waals surface area contributed by atoms with Crippen LogP contribution < -0.4 is 0 Å². The fourth-order valence-electron chi connectivity index (χ4n) is 1.30. The van der Waals surface area contributed by atoms with Crippen molar-refractivity contribution in [2.45, 2.75) is 0 Å². The summed E-state index contributed by atoms with van der Waals surface area (Å²) in [6, 6.07) is 1.73. The van der Waals surface area contributed by atoms with Gasteiger partial charge in [0, 0.05) is 12.3 Å². The molecule has 7 heteroatoms. The van der Waals surface area contributed by atoms with E-state index in [-0.39, 0.29) is 5.82 Å². The highest BCUT2D eigenvalue weighted by Crippen LogP contribution is 2.13. The summed E-state index contributed by atoms with van der Waals surface area (Å²) in [5.74, 6) is 0.447. The average molecular weight is 231 g/mol. The second-order valence-corrected chi connectivity index (χ2v) is 3.26. The maximum atomic E-state index is 10.6. The number of nitrogens with zero attached hydrogens (tertiary/aromatic N) is 5. The molecule has 2 rings (SSSR count). The molecular weight excluding hydrogens is 222 g/mol. The summed E-state index contributed by atoms with van der Waals surface area (Å²) in [6.45, 7) is 0. The quantitative estimate of drug-likeness (QED) is 0.586. The molecule has 0 saturated carbocycles. The number of imidazole rings is 1. The van der Waals surface area contributed by atoms with Crippen LogP contribution in [-0.4, -0.2) is 24.4 Å². The highest BCUT2D eigenvalue weighted by Gasteiger charge is 2.13. The minimum Gasteiger partial charge on any atom is -0.358 e. The molecule has 2 aromatic heterocycles. The van der Waals surface area contributed by atoms with Gasteiger partial charge in [-0.2, -0.15) is 0 Å². The maximum Gasteiger partial charge on any atom is 0.342 e. The zero-order valence-electron chi connectivity index (χ0n) is 9.02. The fraction of sp³-hybridized carbons (Fsp3) is 0.100. The van der Waals surface area contributed by atoms with Gasteiger partial charge in [0.2, 0.25) is 5.82 Å². The molecule has 0 radical (unpaired) electrons. The second-order valence-electron chi connectivity index (χ2n) is 3.26. The van der Waals surface area contributed by atoms with E-state index in [0.717, 1.165) is 0 Å². The molecule has 0 aromatic carbocycles. The standard InChI is InChI=1S/C10H9N5O2/c1-14-9(12-6-10(14)15(16)17)3-2-8-4-5-11-7-13-8/h2-7H,1H3/b3-2+. The summed E-state index contributed by atoms with van der Waals surface area (Å²) >= 11 is 0. The van der Waals surface area contributed by atoms with E-state index in [0.29, 0.717) is 11.5 Å². The third kappa shape index (κ3) is 2.33. The van der Waals surface area contributed by atoms with Crippen LogP contribution in [0.4, 0.5) is 5.82 Å². The summed E-state index contributed by atoms with van der Waals surface area (Å²) in [5, 5.41) is 10.6. The first-order chi connectivity index (χ1) is 8.18. The van der Waals surface area contributed by atoms with E-state index < -0.39 is 4.92 Å². The van der Waals surface area contributed by atoms with Gasteiger partial charge in [-0.25, -0.2) is 19.5 Å². The summed E-state index contributed by atoms with van der Waals surface area (Å²) in [4.78, 5) is 21.9. The van der Waals surface area contributed by atoms with Crippen molar-refractivity contribution in [3.63, 3.8) is 0 Å². The molecule has 0 fully saturated rings. The fourth-order valence-corrected chi connectivity index (χ4v) is 1.30. The highest BCUT2D eigenvalue weighted by molar-refractivity contribution is 5.65. The molecular formula is C10H9N5O2. The minimum absolute atomic E-state index is 0.0488. The predicted molar refractivity (Wildman–Crippen MR) is 60.8 cm³/mol. The number of aromatic nitrogens is 4. The predicted octanol–water partition coefficient (Wildman–Crippen LogP) is 1.29. The third-order valence-electron chi connectivity index (χ3n) is 2.19. The molecule has 0 amide bonds. The van der Waals surface area contributed by atoms with Crippen LogP contribution in [0.3, 0.4) is 0 Å². The summed E-state index contributed by atoms with van der Waals surface area (Å²) in [6.07, 6.45) is 7.65. The number of rotatable bonds is 3. The van der Waals surface area contributed by atoms with Gasteiger partial charge in [0.15, 0.2) is 0 Å². The molecule has 17 heavy (non-hydrogen) atoms. The van der Waals surface area contributed by atoms with Gasteiger partial charge in [-0.15, -0.1) is 0 Å². The molecule has 2 heterocycles. The van der Waals surface area contributed by atoms with E-state index in [2.05, 4.69) is 15.0 Å². The summed E-state index contributed by atoms with van der Waals surface area (Å²) in [7, 11) is 1.59. The normalized spacial score (nSPS) is 10.9. The van der Waals surface area contributed by atoms with Gasteiger partial charge >= 0.3 is 5.82 Å². The first-order valence-corrected chi connectivity index (χ1v) is 4.78. The monoisotopic (exact) mass is 231 g/mol. The SMILES string of the molecule is Cn1c([N+](=O)[O-])cnc1/C=C/c1ccncn1. The second kappa shape index (κ2) is 4.52. The summed E-state index contributed by atoms with van der Waals surface area (Å²) < 4.78 is 1.40. The number of hydrogen-bond acceptors (Lipinski definition) is 5.